The molecule has 2 fully saturated rings. The fraction of sp³-hybridized carbons (Fsp3) is 0.786. The van der Waals surface area contributed by atoms with Gasteiger partial charge < -0.3 is 5.32 Å². The maximum Gasteiger partial charge on any atom is 0.113 e. The zero-order valence-electron chi connectivity index (χ0n) is 10.6. The van der Waals surface area contributed by atoms with Crippen molar-refractivity contribution in [3.05, 3.63) is 16.6 Å². The van der Waals surface area contributed by atoms with Crippen molar-refractivity contribution in [2.24, 2.45) is 5.92 Å². The van der Waals surface area contributed by atoms with E-state index in [0.717, 1.165) is 12.0 Å². The van der Waals surface area contributed by atoms with Gasteiger partial charge in [-0.1, -0.05) is 19.8 Å². The van der Waals surface area contributed by atoms with Gasteiger partial charge in [0.2, 0.25) is 0 Å². The second kappa shape index (κ2) is 4.69. The van der Waals surface area contributed by atoms with E-state index in [1.807, 2.05) is 17.5 Å². The zero-order valence-corrected chi connectivity index (χ0v) is 11.4. The Morgan fingerprint density at radius 2 is 2.18 bits per heavy atom. The lowest BCUT2D eigenvalue weighted by atomic mass is 9.90. The van der Waals surface area contributed by atoms with Gasteiger partial charge in [-0.25, -0.2) is 4.98 Å². The summed E-state index contributed by atoms with van der Waals surface area (Å²) in [5.74, 6) is 0.887. The van der Waals surface area contributed by atoms with Crippen LogP contribution in [0.15, 0.2) is 11.6 Å². The van der Waals surface area contributed by atoms with Gasteiger partial charge in [-0.3, -0.25) is 0 Å². The molecule has 94 valence electrons. The Hall–Kier alpha value is -0.410. The van der Waals surface area contributed by atoms with E-state index in [2.05, 4.69) is 22.6 Å². The molecule has 1 N–H and O–H groups in total. The van der Waals surface area contributed by atoms with E-state index in [9.17, 15) is 0 Å². The van der Waals surface area contributed by atoms with Crippen LogP contribution in [-0.4, -0.2) is 11.0 Å². The average molecular weight is 250 g/mol. The van der Waals surface area contributed by atoms with E-state index < -0.39 is 0 Å². The highest BCUT2D eigenvalue weighted by atomic mass is 32.1. The molecule has 2 aliphatic carbocycles. The van der Waals surface area contributed by atoms with Crippen LogP contribution in [0.4, 0.5) is 0 Å². The van der Waals surface area contributed by atoms with Crippen LogP contribution >= 0.6 is 11.3 Å². The number of hydrogen-bond donors (Lipinski definition) is 1. The summed E-state index contributed by atoms with van der Waals surface area (Å²) < 4.78 is 0. The minimum atomic E-state index is 0.208. The van der Waals surface area contributed by atoms with E-state index >= 15 is 0 Å². The van der Waals surface area contributed by atoms with E-state index in [1.165, 1.54) is 50.0 Å². The van der Waals surface area contributed by atoms with Crippen molar-refractivity contribution in [3.8, 4) is 0 Å². The number of thiazole rings is 1. The molecule has 3 rings (SSSR count). The normalized spacial score (nSPS) is 34.5. The highest BCUT2D eigenvalue weighted by Crippen LogP contribution is 2.41. The van der Waals surface area contributed by atoms with Gasteiger partial charge in [0.25, 0.3) is 0 Å². The molecule has 2 saturated carbocycles. The van der Waals surface area contributed by atoms with Gasteiger partial charge in [0.1, 0.15) is 5.01 Å². The SMILES string of the molecule is CC1CCCC(NC2CC2)(c2nccs2)CC1. The van der Waals surface area contributed by atoms with Gasteiger partial charge in [0.05, 0.1) is 5.54 Å². The minimum Gasteiger partial charge on any atom is -0.303 e. The molecule has 2 unspecified atom stereocenters. The second-order valence-corrected chi connectivity index (χ2v) is 6.77. The first kappa shape index (κ1) is 11.7. The summed E-state index contributed by atoms with van der Waals surface area (Å²) in [6.45, 7) is 2.40. The molecule has 1 heterocycles. The quantitative estimate of drug-likeness (QED) is 0.828. The molecular weight excluding hydrogens is 228 g/mol. The number of nitrogens with zero attached hydrogens (tertiary/aromatic N) is 1. The number of rotatable bonds is 3. The van der Waals surface area contributed by atoms with Gasteiger partial charge in [-0.15, -0.1) is 11.3 Å². The smallest absolute Gasteiger partial charge is 0.113 e. The van der Waals surface area contributed by atoms with Gasteiger partial charge >= 0.3 is 0 Å². The summed E-state index contributed by atoms with van der Waals surface area (Å²) in [7, 11) is 0. The van der Waals surface area contributed by atoms with E-state index in [0.29, 0.717) is 0 Å². The van der Waals surface area contributed by atoms with Crippen molar-refractivity contribution in [1.82, 2.24) is 10.3 Å². The number of nitrogens with one attached hydrogen (secondary N) is 1. The molecular formula is C14H22N2S. The third-order valence-electron chi connectivity index (χ3n) is 4.26. The average Bonchev–Trinajstić information content (AvgIpc) is 3.00. The van der Waals surface area contributed by atoms with Gasteiger partial charge in [-0.2, -0.15) is 0 Å². The molecule has 0 aromatic carbocycles. The summed E-state index contributed by atoms with van der Waals surface area (Å²) in [5.41, 5.74) is 0.208. The van der Waals surface area contributed by atoms with Crippen molar-refractivity contribution in [3.63, 3.8) is 0 Å². The second-order valence-electron chi connectivity index (χ2n) is 5.87. The van der Waals surface area contributed by atoms with Crippen molar-refractivity contribution < 1.29 is 0 Å². The Labute approximate surface area is 108 Å². The Morgan fingerprint density at radius 3 is 2.88 bits per heavy atom. The summed E-state index contributed by atoms with van der Waals surface area (Å²) in [6, 6.07) is 0.771. The molecule has 0 radical (unpaired) electrons. The summed E-state index contributed by atoms with van der Waals surface area (Å²) in [5, 5.41) is 7.37. The Bertz CT molecular complexity index is 358. The monoisotopic (exact) mass is 250 g/mol. The molecule has 0 bridgehead atoms. The number of aromatic nitrogens is 1. The molecule has 17 heavy (non-hydrogen) atoms. The first-order chi connectivity index (χ1) is 8.28. The molecule has 1 aromatic heterocycles. The molecule has 0 aliphatic heterocycles. The van der Waals surface area contributed by atoms with Crippen molar-refractivity contribution in [1.29, 1.82) is 0 Å². The van der Waals surface area contributed by atoms with E-state index in [1.54, 1.807) is 0 Å². The Balaban J connectivity index is 1.84. The lowest BCUT2D eigenvalue weighted by Crippen LogP contribution is -2.43. The molecule has 2 nitrogen and oxygen atoms in total. The Kier molecular flexibility index (Phi) is 3.22. The zero-order chi connectivity index (χ0) is 11.7. The van der Waals surface area contributed by atoms with Crippen LogP contribution in [0, 0.1) is 5.92 Å². The van der Waals surface area contributed by atoms with Gasteiger partial charge in [-0.05, 0) is 38.0 Å². The highest BCUT2D eigenvalue weighted by Gasteiger charge is 2.40. The van der Waals surface area contributed by atoms with Crippen LogP contribution in [0.25, 0.3) is 0 Å². The van der Waals surface area contributed by atoms with Crippen molar-refractivity contribution in [2.45, 2.75) is 63.5 Å². The Morgan fingerprint density at radius 1 is 1.29 bits per heavy atom. The summed E-state index contributed by atoms with van der Waals surface area (Å²) in [4.78, 5) is 4.62. The van der Waals surface area contributed by atoms with Crippen LogP contribution in [-0.2, 0) is 5.54 Å². The van der Waals surface area contributed by atoms with E-state index in [4.69, 9.17) is 0 Å². The molecule has 3 heteroatoms. The van der Waals surface area contributed by atoms with Gasteiger partial charge in [0, 0.05) is 17.6 Å². The van der Waals surface area contributed by atoms with Crippen molar-refractivity contribution in [2.75, 3.05) is 0 Å². The third-order valence-corrected chi connectivity index (χ3v) is 5.24. The fourth-order valence-corrected chi connectivity index (χ4v) is 3.87. The largest absolute Gasteiger partial charge is 0.303 e. The summed E-state index contributed by atoms with van der Waals surface area (Å²) in [6.07, 6.45) is 11.3. The minimum absolute atomic E-state index is 0.208. The maximum absolute atomic E-state index is 4.62. The van der Waals surface area contributed by atoms with Crippen LogP contribution in [0.2, 0.25) is 0 Å². The lowest BCUT2D eigenvalue weighted by molar-refractivity contribution is 0.282. The molecule has 2 atom stereocenters. The van der Waals surface area contributed by atoms with E-state index in [-0.39, 0.29) is 5.54 Å². The fourth-order valence-electron chi connectivity index (χ4n) is 3.01. The maximum atomic E-state index is 4.62. The first-order valence-electron chi connectivity index (χ1n) is 6.96. The molecule has 0 saturated heterocycles. The summed E-state index contributed by atoms with van der Waals surface area (Å²) >= 11 is 1.83. The predicted molar refractivity (Wildman–Crippen MR) is 72.2 cm³/mol. The highest BCUT2D eigenvalue weighted by molar-refractivity contribution is 7.09. The van der Waals surface area contributed by atoms with Crippen LogP contribution < -0.4 is 5.32 Å². The third kappa shape index (κ3) is 2.55. The molecule has 0 amide bonds. The molecule has 1 aromatic rings. The van der Waals surface area contributed by atoms with Crippen molar-refractivity contribution >= 4 is 11.3 Å². The van der Waals surface area contributed by atoms with Crippen LogP contribution in [0.1, 0.15) is 56.9 Å². The molecule has 2 aliphatic rings. The topological polar surface area (TPSA) is 24.9 Å². The predicted octanol–water partition coefficient (Wildman–Crippen LogP) is 3.69. The van der Waals surface area contributed by atoms with Crippen LogP contribution in [0.5, 0.6) is 0 Å². The standard InChI is InChI=1S/C14H22N2S/c1-11-3-2-7-14(8-6-11,16-12-4-5-12)13-15-9-10-17-13/h9-12,16H,2-8H2,1H3. The molecule has 0 spiro atoms. The van der Waals surface area contributed by atoms with Crippen LogP contribution in [0.3, 0.4) is 0 Å². The van der Waals surface area contributed by atoms with Gasteiger partial charge in [0.15, 0.2) is 0 Å². The first-order valence-corrected chi connectivity index (χ1v) is 7.84. The number of hydrogen-bond acceptors (Lipinski definition) is 3. The lowest BCUT2D eigenvalue weighted by Gasteiger charge is -2.32.